The first kappa shape index (κ1) is 12.1. The lowest BCUT2D eigenvalue weighted by Crippen LogP contribution is -2.53. The van der Waals surface area contributed by atoms with Gasteiger partial charge in [-0.3, -0.25) is 15.1 Å². The Labute approximate surface area is 100 Å². The Morgan fingerprint density at radius 2 is 2.41 bits per heavy atom. The summed E-state index contributed by atoms with van der Waals surface area (Å²) in [6.45, 7) is 5.60. The highest BCUT2D eigenvalue weighted by atomic mass is 16.2. The van der Waals surface area contributed by atoms with E-state index in [2.05, 4.69) is 15.6 Å². The Kier molecular flexibility index (Phi) is 3.49. The van der Waals surface area contributed by atoms with Gasteiger partial charge in [-0.2, -0.15) is 0 Å². The molecule has 0 aromatic heterocycles. The zero-order valence-electron chi connectivity index (χ0n) is 9.98. The monoisotopic (exact) mass is 241 g/mol. The van der Waals surface area contributed by atoms with E-state index in [-0.39, 0.29) is 23.9 Å². The van der Waals surface area contributed by atoms with Crippen LogP contribution in [0.5, 0.6) is 0 Å². The average molecular weight is 241 g/mol. The van der Waals surface area contributed by atoms with E-state index in [9.17, 15) is 9.59 Å². The molecular weight excluding hydrogens is 222 g/mol. The van der Waals surface area contributed by atoms with Crippen LogP contribution in [0, 0.1) is 5.92 Å². The minimum absolute atomic E-state index is 0.0300. The maximum absolute atomic E-state index is 11.4. The van der Waals surface area contributed by atoms with Crippen molar-refractivity contribution in [3.8, 4) is 0 Å². The molecule has 7 nitrogen and oxygen atoms in total. The second kappa shape index (κ2) is 4.89. The number of carbonyl (C=O) groups is 2. The minimum atomic E-state index is -0.145. The highest BCUT2D eigenvalue weighted by Gasteiger charge is 2.35. The van der Waals surface area contributed by atoms with E-state index in [1.807, 2.05) is 11.8 Å². The number of hydrogen-bond donors (Lipinski definition) is 3. The van der Waals surface area contributed by atoms with Gasteiger partial charge in [-0.05, 0) is 0 Å². The maximum Gasteiger partial charge on any atom is 0.317 e. The molecule has 7 heteroatoms. The Hall–Kier alpha value is -1.34. The molecule has 96 valence electrons. The van der Waals surface area contributed by atoms with Crippen LogP contribution >= 0.6 is 0 Å². The summed E-state index contributed by atoms with van der Waals surface area (Å²) >= 11 is 0. The lowest BCUT2D eigenvalue weighted by molar-refractivity contribution is -0.125. The van der Waals surface area contributed by atoms with E-state index in [4.69, 9.17) is 5.84 Å². The van der Waals surface area contributed by atoms with Gasteiger partial charge in [-0.15, -0.1) is 0 Å². The van der Waals surface area contributed by atoms with Crippen LogP contribution in [0.3, 0.4) is 0 Å². The van der Waals surface area contributed by atoms with Crippen molar-refractivity contribution in [3.63, 3.8) is 0 Å². The topological polar surface area (TPSA) is 90.7 Å². The van der Waals surface area contributed by atoms with Gasteiger partial charge in [-0.25, -0.2) is 10.6 Å². The van der Waals surface area contributed by atoms with Crippen LogP contribution in [0.25, 0.3) is 0 Å². The number of nitrogens with zero attached hydrogens (tertiary/aromatic N) is 2. The highest BCUT2D eigenvalue weighted by Crippen LogP contribution is 2.15. The maximum atomic E-state index is 11.4. The number of amides is 3. The molecule has 2 aliphatic rings. The molecule has 2 aliphatic heterocycles. The molecule has 0 aliphatic carbocycles. The molecule has 0 radical (unpaired) electrons. The SMILES string of the molecule is CC(CN1CCN2C(=O)NCC2C1)C(=O)NN. The van der Waals surface area contributed by atoms with E-state index < -0.39 is 0 Å². The molecule has 2 fully saturated rings. The van der Waals surface area contributed by atoms with E-state index in [0.29, 0.717) is 13.1 Å². The normalized spacial score (nSPS) is 26.4. The third kappa shape index (κ3) is 2.50. The molecule has 0 aromatic carbocycles. The molecule has 2 saturated heterocycles. The molecule has 2 atom stereocenters. The molecule has 4 N–H and O–H groups in total. The van der Waals surface area contributed by atoms with Gasteiger partial charge < -0.3 is 10.2 Å². The predicted octanol–water partition coefficient (Wildman–Crippen LogP) is -1.68. The van der Waals surface area contributed by atoms with E-state index in [1.54, 1.807) is 0 Å². The molecule has 0 spiro atoms. The number of nitrogens with one attached hydrogen (secondary N) is 2. The average Bonchev–Trinajstić information content (AvgIpc) is 2.69. The van der Waals surface area contributed by atoms with Crippen LogP contribution in [0.4, 0.5) is 4.79 Å². The number of piperazine rings is 1. The first-order chi connectivity index (χ1) is 8.11. The second-order valence-corrected chi connectivity index (χ2v) is 4.70. The largest absolute Gasteiger partial charge is 0.336 e. The Morgan fingerprint density at radius 3 is 3.12 bits per heavy atom. The molecule has 0 bridgehead atoms. The number of urea groups is 1. The summed E-state index contributed by atoms with van der Waals surface area (Å²) in [5, 5.41) is 2.83. The van der Waals surface area contributed by atoms with Gasteiger partial charge in [0.1, 0.15) is 0 Å². The van der Waals surface area contributed by atoms with Gasteiger partial charge >= 0.3 is 6.03 Å². The van der Waals surface area contributed by atoms with Crippen LogP contribution in [0.15, 0.2) is 0 Å². The van der Waals surface area contributed by atoms with Crippen molar-refractivity contribution in [2.24, 2.45) is 11.8 Å². The van der Waals surface area contributed by atoms with E-state index >= 15 is 0 Å². The molecule has 17 heavy (non-hydrogen) atoms. The van der Waals surface area contributed by atoms with Gasteiger partial charge in [-0.1, -0.05) is 6.92 Å². The number of carbonyl (C=O) groups excluding carboxylic acids is 2. The van der Waals surface area contributed by atoms with Crippen LogP contribution in [-0.2, 0) is 4.79 Å². The number of rotatable bonds is 3. The van der Waals surface area contributed by atoms with Crippen molar-refractivity contribution in [1.29, 1.82) is 0 Å². The molecule has 0 aromatic rings. The van der Waals surface area contributed by atoms with Crippen LogP contribution in [0.2, 0.25) is 0 Å². The zero-order chi connectivity index (χ0) is 12.4. The van der Waals surface area contributed by atoms with Crippen molar-refractivity contribution in [2.45, 2.75) is 13.0 Å². The first-order valence-corrected chi connectivity index (χ1v) is 5.89. The zero-order valence-corrected chi connectivity index (χ0v) is 9.98. The number of fused-ring (bicyclic) bond motifs is 1. The fraction of sp³-hybridized carbons (Fsp3) is 0.800. The van der Waals surface area contributed by atoms with Gasteiger partial charge in [0.15, 0.2) is 0 Å². The van der Waals surface area contributed by atoms with Crippen LogP contribution < -0.4 is 16.6 Å². The smallest absolute Gasteiger partial charge is 0.317 e. The third-order valence-electron chi connectivity index (χ3n) is 3.44. The minimum Gasteiger partial charge on any atom is -0.336 e. The molecule has 2 unspecified atom stereocenters. The lowest BCUT2D eigenvalue weighted by Gasteiger charge is -2.37. The molecule has 0 saturated carbocycles. The van der Waals surface area contributed by atoms with Crippen molar-refractivity contribution < 1.29 is 9.59 Å². The Balaban J connectivity index is 1.85. The Bertz CT molecular complexity index is 322. The summed E-state index contributed by atoms with van der Waals surface area (Å²) in [4.78, 5) is 26.8. The van der Waals surface area contributed by atoms with E-state index in [1.165, 1.54) is 0 Å². The van der Waals surface area contributed by atoms with Crippen LogP contribution in [0.1, 0.15) is 6.92 Å². The summed E-state index contributed by atoms with van der Waals surface area (Å²) in [6.07, 6.45) is 0. The molecular formula is C10H19N5O2. The number of hydrazine groups is 1. The summed E-state index contributed by atoms with van der Waals surface area (Å²) in [6, 6.07) is 0.270. The lowest BCUT2D eigenvalue weighted by atomic mass is 10.1. The summed E-state index contributed by atoms with van der Waals surface area (Å²) < 4.78 is 0. The summed E-state index contributed by atoms with van der Waals surface area (Å²) in [7, 11) is 0. The van der Waals surface area contributed by atoms with Gasteiger partial charge in [0.25, 0.3) is 0 Å². The Morgan fingerprint density at radius 1 is 1.65 bits per heavy atom. The van der Waals surface area contributed by atoms with Crippen molar-refractivity contribution in [1.82, 2.24) is 20.5 Å². The molecule has 2 heterocycles. The van der Waals surface area contributed by atoms with Gasteiger partial charge in [0, 0.05) is 38.6 Å². The summed E-state index contributed by atoms with van der Waals surface area (Å²) in [5.41, 5.74) is 2.17. The van der Waals surface area contributed by atoms with Crippen molar-refractivity contribution in [3.05, 3.63) is 0 Å². The summed E-state index contributed by atoms with van der Waals surface area (Å²) in [5.74, 6) is 4.83. The first-order valence-electron chi connectivity index (χ1n) is 5.89. The van der Waals surface area contributed by atoms with Crippen molar-refractivity contribution in [2.75, 3.05) is 32.7 Å². The van der Waals surface area contributed by atoms with Crippen molar-refractivity contribution >= 4 is 11.9 Å². The fourth-order valence-electron chi connectivity index (χ4n) is 2.45. The van der Waals surface area contributed by atoms with E-state index in [0.717, 1.165) is 19.6 Å². The quantitative estimate of drug-likeness (QED) is 0.313. The highest BCUT2D eigenvalue weighted by molar-refractivity contribution is 5.78. The second-order valence-electron chi connectivity index (χ2n) is 4.70. The van der Waals surface area contributed by atoms with Gasteiger partial charge in [0.2, 0.25) is 5.91 Å². The predicted molar refractivity (Wildman–Crippen MR) is 61.8 cm³/mol. The molecule has 3 amide bonds. The van der Waals surface area contributed by atoms with Gasteiger partial charge in [0.05, 0.1) is 6.04 Å². The number of nitrogens with two attached hydrogens (primary N) is 1. The third-order valence-corrected chi connectivity index (χ3v) is 3.44. The standard InChI is InChI=1S/C10H19N5O2/c1-7(9(16)13-11)5-14-2-3-15-8(6-14)4-12-10(15)17/h7-8H,2-6,11H2,1H3,(H,12,17)(H,13,16). The van der Waals surface area contributed by atoms with Crippen LogP contribution in [-0.4, -0.2) is 60.5 Å². The fourth-order valence-corrected chi connectivity index (χ4v) is 2.45. The number of hydrogen-bond acceptors (Lipinski definition) is 4. The molecule has 2 rings (SSSR count).